The molecule has 0 aliphatic carbocycles. The van der Waals surface area contributed by atoms with Crippen LogP contribution in [0.25, 0.3) is 0 Å². The molecule has 76 valence electrons. The molecule has 0 aromatic carbocycles. The van der Waals surface area contributed by atoms with Gasteiger partial charge in [-0.05, 0) is 42.6 Å². The number of rotatable bonds is 2. The van der Waals surface area contributed by atoms with Crippen LogP contribution < -0.4 is 0 Å². The van der Waals surface area contributed by atoms with E-state index in [1.54, 1.807) is 0 Å². The average molecular weight is 202 g/mol. The number of thioether (sulfide) groups is 1. The molecule has 2 heterocycles. The molecule has 2 fully saturated rings. The Kier molecular flexibility index (Phi) is 3.52. The van der Waals surface area contributed by atoms with Crippen molar-refractivity contribution in [2.45, 2.75) is 25.4 Å². The van der Waals surface area contributed by atoms with Crippen LogP contribution in [0.15, 0.2) is 0 Å². The van der Waals surface area contributed by atoms with Crippen molar-refractivity contribution in [3.63, 3.8) is 0 Å². The molecule has 2 saturated heterocycles. The molecule has 0 amide bonds. The molecule has 0 bridgehead atoms. The molecule has 0 saturated carbocycles. The lowest BCUT2D eigenvalue weighted by atomic mass is 9.85. The van der Waals surface area contributed by atoms with Crippen molar-refractivity contribution >= 4 is 11.8 Å². The number of hydrogen-bond acceptors (Lipinski definition) is 3. The summed E-state index contributed by atoms with van der Waals surface area (Å²) in [5.41, 5.74) is 0. The number of hydrogen-bond donors (Lipinski definition) is 1. The normalized spacial score (nSPS) is 33.5. The minimum Gasteiger partial charge on any atom is -0.393 e. The molecule has 2 aliphatic rings. The Morgan fingerprint density at radius 3 is 2.54 bits per heavy atom. The first-order valence-corrected chi connectivity index (χ1v) is 6.37. The van der Waals surface area contributed by atoms with Gasteiger partial charge in [0.25, 0.3) is 0 Å². The molecule has 3 heteroatoms. The SMILES string of the molecule is OC(C1CCOCC1)C1CCSC1. The van der Waals surface area contributed by atoms with Crippen LogP contribution in [0.2, 0.25) is 0 Å². The summed E-state index contributed by atoms with van der Waals surface area (Å²) in [5, 5.41) is 10.1. The van der Waals surface area contributed by atoms with Crippen LogP contribution in [-0.4, -0.2) is 35.9 Å². The molecule has 0 aromatic heterocycles. The first-order valence-electron chi connectivity index (χ1n) is 5.21. The fraction of sp³-hybridized carbons (Fsp3) is 1.00. The van der Waals surface area contributed by atoms with Crippen LogP contribution in [0.1, 0.15) is 19.3 Å². The second-order valence-electron chi connectivity index (χ2n) is 4.06. The van der Waals surface area contributed by atoms with Gasteiger partial charge in [-0.1, -0.05) is 0 Å². The number of aliphatic hydroxyl groups is 1. The highest BCUT2D eigenvalue weighted by atomic mass is 32.2. The summed E-state index contributed by atoms with van der Waals surface area (Å²) in [4.78, 5) is 0. The summed E-state index contributed by atoms with van der Waals surface area (Å²) >= 11 is 1.98. The Bertz CT molecular complexity index is 151. The summed E-state index contributed by atoms with van der Waals surface area (Å²) in [6.07, 6.45) is 3.27. The van der Waals surface area contributed by atoms with Crippen LogP contribution in [0.5, 0.6) is 0 Å². The predicted molar refractivity (Wildman–Crippen MR) is 55.0 cm³/mol. The Morgan fingerprint density at radius 2 is 1.92 bits per heavy atom. The topological polar surface area (TPSA) is 29.5 Å². The molecule has 2 unspecified atom stereocenters. The van der Waals surface area contributed by atoms with E-state index < -0.39 is 0 Å². The van der Waals surface area contributed by atoms with Crippen molar-refractivity contribution in [3.05, 3.63) is 0 Å². The zero-order valence-corrected chi connectivity index (χ0v) is 8.76. The maximum atomic E-state index is 10.1. The Balaban J connectivity index is 1.83. The van der Waals surface area contributed by atoms with Crippen molar-refractivity contribution in [1.29, 1.82) is 0 Å². The van der Waals surface area contributed by atoms with E-state index in [9.17, 15) is 5.11 Å². The highest BCUT2D eigenvalue weighted by molar-refractivity contribution is 7.99. The molecule has 0 aromatic rings. The van der Waals surface area contributed by atoms with Crippen molar-refractivity contribution in [1.82, 2.24) is 0 Å². The monoisotopic (exact) mass is 202 g/mol. The average Bonchev–Trinajstić information content (AvgIpc) is 2.71. The van der Waals surface area contributed by atoms with E-state index in [1.165, 1.54) is 17.9 Å². The van der Waals surface area contributed by atoms with Gasteiger partial charge in [-0.2, -0.15) is 11.8 Å². The summed E-state index contributed by atoms with van der Waals surface area (Å²) in [7, 11) is 0. The highest BCUT2D eigenvalue weighted by Crippen LogP contribution is 2.32. The predicted octanol–water partition coefficient (Wildman–Crippen LogP) is 1.53. The first-order chi connectivity index (χ1) is 6.38. The second-order valence-corrected chi connectivity index (χ2v) is 5.21. The molecule has 2 aliphatic heterocycles. The van der Waals surface area contributed by atoms with Gasteiger partial charge in [0, 0.05) is 13.2 Å². The molecule has 13 heavy (non-hydrogen) atoms. The van der Waals surface area contributed by atoms with E-state index in [0.29, 0.717) is 11.8 Å². The fourth-order valence-electron chi connectivity index (χ4n) is 2.26. The lowest BCUT2D eigenvalue weighted by Crippen LogP contribution is -2.33. The maximum Gasteiger partial charge on any atom is 0.0606 e. The Morgan fingerprint density at radius 1 is 1.15 bits per heavy atom. The van der Waals surface area contributed by atoms with Gasteiger partial charge in [-0.3, -0.25) is 0 Å². The van der Waals surface area contributed by atoms with Crippen LogP contribution in [0.3, 0.4) is 0 Å². The molecule has 2 rings (SSSR count). The van der Waals surface area contributed by atoms with Gasteiger partial charge in [0.1, 0.15) is 0 Å². The summed E-state index contributed by atoms with van der Waals surface area (Å²) in [6, 6.07) is 0. The standard InChI is InChI=1S/C10H18O2S/c11-10(9-3-6-13-7-9)8-1-4-12-5-2-8/h8-11H,1-7H2. The number of aliphatic hydroxyl groups excluding tert-OH is 1. The van der Waals surface area contributed by atoms with Gasteiger partial charge in [0.15, 0.2) is 0 Å². The molecule has 2 nitrogen and oxygen atoms in total. The minimum atomic E-state index is -0.0566. The van der Waals surface area contributed by atoms with E-state index in [4.69, 9.17) is 4.74 Å². The van der Waals surface area contributed by atoms with E-state index in [0.717, 1.165) is 26.1 Å². The second kappa shape index (κ2) is 4.67. The molecular weight excluding hydrogens is 184 g/mol. The van der Waals surface area contributed by atoms with Gasteiger partial charge in [0.2, 0.25) is 0 Å². The van der Waals surface area contributed by atoms with E-state index >= 15 is 0 Å². The van der Waals surface area contributed by atoms with Gasteiger partial charge in [-0.25, -0.2) is 0 Å². The van der Waals surface area contributed by atoms with Crippen molar-refractivity contribution in [3.8, 4) is 0 Å². The van der Waals surface area contributed by atoms with E-state index in [2.05, 4.69) is 0 Å². The van der Waals surface area contributed by atoms with E-state index in [-0.39, 0.29) is 6.10 Å². The number of ether oxygens (including phenoxy) is 1. The van der Waals surface area contributed by atoms with Gasteiger partial charge >= 0.3 is 0 Å². The van der Waals surface area contributed by atoms with Crippen molar-refractivity contribution < 1.29 is 9.84 Å². The summed E-state index contributed by atoms with van der Waals surface area (Å²) in [6.45, 7) is 1.70. The van der Waals surface area contributed by atoms with Crippen molar-refractivity contribution in [2.24, 2.45) is 11.8 Å². The minimum absolute atomic E-state index is 0.0566. The fourth-order valence-corrected chi connectivity index (χ4v) is 3.57. The smallest absolute Gasteiger partial charge is 0.0606 e. The Hall–Kier alpha value is 0.270. The molecule has 2 atom stereocenters. The zero-order valence-electron chi connectivity index (χ0n) is 7.95. The summed E-state index contributed by atoms with van der Waals surface area (Å²) < 4.78 is 5.30. The van der Waals surface area contributed by atoms with Crippen LogP contribution in [-0.2, 0) is 4.74 Å². The van der Waals surface area contributed by atoms with Gasteiger partial charge in [0.05, 0.1) is 6.10 Å². The molecular formula is C10H18O2S. The Labute approximate surface area is 84.0 Å². The third-order valence-corrected chi connectivity index (χ3v) is 4.39. The van der Waals surface area contributed by atoms with E-state index in [1.807, 2.05) is 11.8 Å². The van der Waals surface area contributed by atoms with Gasteiger partial charge in [-0.15, -0.1) is 0 Å². The zero-order chi connectivity index (χ0) is 9.10. The first kappa shape index (κ1) is 9.81. The summed E-state index contributed by atoms with van der Waals surface area (Å²) in [5.74, 6) is 3.48. The quantitative estimate of drug-likeness (QED) is 0.736. The third kappa shape index (κ3) is 2.39. The highest BCUT2D eigenvalue weighted by Gasteiger charge is 2.31. The molecule has 1 N–H and O–H groups in total. The van der Waals surface area contributed by atoms with Crippen LogP contribution >= 0.6 is 11.8 Å². The van der Waals surface area contributed by atoms with Crippen LogP contribution in [0.4, 0.5) is 0 Å². The largest absolute Gasteiger partial charge is 0.393 e. The third-order valence-electron chi connectivity index (χ3n) is 3.20. The lowest BCUT2D eigenvalue weighted by Gasteiger charge is -2.30. The lowest BCUT2D eigenvalue weighted by molar-refractivity contribution is -0.0123. The van der Waals surface area contributed by atoms with Crippen LogP contribution in [0, 0.1) is 11.8 Å². The molecule has 0 radical (unpaired) electrons. The van der Waals surface area contributed by atoms with Crippen molar-refractivity contribution in [2.75, 3.05) is 24.7 Å². The maximum absolute atomic E-state index is 10.1. The molecule has 0 spiro atoms. The van der Waals surface area contributed by atoms with Gasteiger partial charge < -0.3 is 9.84 Å².